The van der Waals surface area contributed by atoms with Gasteiger partial charge in [0.05, 0.1) is 18.1 Å². The molecule has 7 heteroatoms. The molecule has 0 unspecified atom stereocenters. The van der Waals surface area contributed by atoms with Crippen molar-refractivity contribution in [3.05, 3.63) is 36.5 Å². The van der Waals surface area contributed by atoms with Crippen LogP contribution in [0.25, 0.3) is 0 Å². The van der Waals surface area contributed by atoms with Gasteiger partial charge in [-0.05, 0) is 37.3 Å². The van der Waals surface area contributed by atoms with Crippen LogP contribution in [-0.2, 0) is 11.3 Å². The molecule has 0 radical (unpaired) electrons. The van der Waals surface area contributed by atoms with Crippen LogP contribution in [0.1, 0.15) is 36.2 Å². The van der Waals surface area contributed by atoms with Crippen molar-refractivity contribution in [1.82, 2.24) is 14.7 Å². The fraction of sp³-hybridized carbons (Fsp3) is 0.471. The maximum absolute atomic E-state index is 12.5. The summed E-state index contributed by atoms with van der Waals surface area (Å²) in [6.07, 6.45) is 9.39. The Morgan fingerprint density at radius 1 is 1.38 bits per heavy atom. The van der Waals surface area contributed by atoms with Crippen LogP contribution in [0.15, 0.2) is 35.2 Å². The van der Waals surface area contributed by atoms with Crippen LogP contribution in [-0.4, -0.2) is 39.1 Å². The van der Waals surface area contributed by atoms with Crippen LogP contribution < -0.4 is 5.32 Å². The Morgan fingerprint density at radius 2 is 2.29 bits per heavy atom. The third kappa shape index (κ3) is 2.93. The number of aromatic nitrogens is 2. The Balaban J connectivity index is 1.37. The summed E-state index contributed by atoms with van der Waals surface area (Å²) in [6, 6.07) is 3.66. The van der Waals surface area contributed by atoms with Crippen molar-refractivity contribution in [1.29, 1.82) is 0 Å². The normalized spacial score (nSPS) is 22.6. The molecule has 7 nitrogen and oxygen atoms in total. The predicted molar refractivity (Wildman–Crippen MR) is 86.3 cm³/mol. The van der Waals surface area contributed by atoms with Gasteiger partial charge < -0.3 is 14.6 Å². The van der Waals surface area contributed by atoms with Crippen LogP contribution in [0.3, 0.4) is 0 Å². The Hall–Kier alpha value is -2.57. The molecule has 1 aliphatic carbocycles. The zero-order valence-corrected chi connectivity index (χ0v) is 13.4. The van der Waals surface area contributed by atoms with E-state index < -0.39 is 0 Å². The SMILES string of the molecule is O=C(Nc1cnn(CC(=O)N2C[C@H]3CCC[C@@H]2C3)c1)c1ccco1. The summed E-state index contributed by atoms with van der Waals surface area (Å²) in [5.41, 5.74) is 0.546. The molecule has 3 heterocycles. The number of nitrogens with zero attached hydrogens (tertiary/aromatic N) is 3. The van der Waals surface area contributed by atoms with Crippen LogP contribution in [0, 0.1) is 5.92 Å². The molecule has 126 valence electrons. The molecule has 2 fully saturated rings. The molecule has 2 bridgehead atoms. The lowest BCUT2D eigenvalue weighted by atomic mass is 9.90. The lowest BCUT2D eigenvalue weighted by molar-refractivity contribution is -0.132. The van der Waals surface area contributed by atoms with E-state index >= 15 is 0 Å². The summed E-state index contributed by atoms with van der Waals surface area (Å²) >= 11 is 0. The Kier molecular flexibility index (Phi) is 3.84. The van der Waals surface area contributed by atoms with Crippen molar-refractivity contribution in [3.63, 3.8) is 0 Å². The van der Waals surface area contributed by atoms with Crippen LogP contribution in [0.2, 0.25) is 0 Å². The maximum atomic E-state index is 12.5. The number of fused-ring (bicyclic) bond motifs is 2. The largest absolute Gasteiger partial charge is 0.459 e. The van der Waals surface area contributed by atoms with Crippen molar-refractivity contribution in [2.75, 3.05) is 11.9 Å². The smallest absolute Gasteiger partial charge is 0.291 e. The van der Waals surface area contributed by atoms with Crippen LogP contribution in [0.4, 0.5) is 5.69 Å². The standard InChI is InChI=1S/C17H20N4O3/c22-16(21-9-12-3-1-4-14(21)7-12)11-20-10-13(8-18-20)19-17(23)15-5-2-6-24-15/h2,5-6,8,10,12,14H,1,3-4,7,9,11H2,(H,19,23)/t12-,14+/m0/s1. The first-order valence-electron chi connectivity index (χ1n) is 8.36. The molecule has 2 aromatic heterocycles. The van der Waals surface area contributed by atoms with Gasteiger partial charge in [0.2, 0.25) is 5.91 Å². The fourth-order valence-electron chi connectivity index (χ4n) is 3.79. The van der Waals surface area contributed by atoms with Gasteiger partial charge in [0.15, 0.2) is 5.76 Å². The quantitative estimate of drug-likeness (QED) is 0.932. The number of hydrogen-bond acceptors (Lipinski definition) is 4. The molecule has 2 amide bonds. The highest BCUT2D eigenvalue weighted by atomic mass is 16.3. The molecule has 1 aliphatic heterocycles. The van der Waals surface area contributed by atoms with E-state index in [1.807, 2.05) is 4.90 Å². The topological polar surface area (TPSA) is 80.4 Å². The Labute approximate surface area is 139 Å². The maximum Gasteiger partial charge on any atom is 0.291 e. The molecule has 2 aliphatic rings. The molecule has 2 aromatic rings. The number of hydrogen-bond donors (Lipinski definition) is 1. The molecule has 2 atom stereocenters. The molecule has 0 spiro atoms. The number of carbonyl (C=O) groups is 2. The third-order valence-corrected chi connectivity index (χ3v) is 4.90. The second-order valence-corrected chi connectivity index (χ2v) is 6.59. The minimum absolute atomic E-state index is 0.108. The number of likely N-dealkylation sites (tertiary alicyclic amines) is 1. The summed E-state index contributed by atoms with van der Waals surface area (Å²) < 4.78 is 6.62. The first kappa shape index (κ1) is 15.0. The molecular formula is C17H20N4O3. The van der Waals surface area contributed by atoms with Gasteiger partial charge in [-0.15, -0.1) is 0 Å². The second kappa shape index (κ2) is 6.14. The average Bonchev–Trinajstić information content (AvgIpc) is 3.29. The van der Waals surface area contributed by atoms with Gasteiger partial charge in [0.25, 0.3) is 5.91 Å². The van der Waals surface area contributed by atoms with E-state index in [4.69, 9.17) is 4.42 Å². The van der Waals surface area contributed by atoms with E-state index in [9.17, 15) is 9.59 Å². The van der Waals surface area contributed by atoms with Crippen LogP contribution >= 0.6 is 0 Å². The van der Waals surface area contributed by atoms with Crippen molar-refractivity contribution in [2.45, 2.75) is 38.3 Å². The first-order chi connectivity index (χ1) is 11.7. The zero-order chi connectivity index (χ0) is 16.5. The number of carbonyl (C=O) groups excluding carboxylic acids is 2. The highest BCUT2D eigenvalue weighted by Crippen LogP contribution is 2.35. The van der Waals surface area contributed by atoms with Crippen molar-refractivity contribution in [3.8, 4) is 0 Å². The van der Waals surface area contributed by atoms with E-state index in [0.29, 0.717) is 17.6 Å². The van der Waals surface area contributed by atoms with Crippen molar-refractivity contribution < 1.29 is 14.0 Å². The van der Waals surface area contributed by atoms with Gasteiger partial charge in [0.1, 0.15) is 6.54 Å². The van der Waals surface area contributed by atoms with Gasteiger partial charge in [-0.1, -0.05) is 6.42 Å². The van der Waals surface area contributed by atoms with Gasteiger partial charge in [-0.2, -0.15) is 5.10 Å². The summed E-state index contributed by atoms with van der Waals surface area (Å²) in [4.78, 5) is 26.5. The summed E-state index contributed by atoms with van der Waals surface area (Å²) in [5, 5.41) is 6.87. The molecular weight excluding hydrogens is 308 g/mol. The van der Waals surface area contributed by atoms with Gasteiger partial charge >= 0.3 is 0 Å². The third-order valence-electron chi connectivity index (χ3n) is 4.90. The number of nitrogens with one attached hydrogen (secondary N) is 1. The van der Waals surface area contributed by atoms with Crippen molar-refractivity contribution in [2.24, 2.45) is 5.92 Å². The predicted octanol–water partition coefficient (Wildman–Crippen LogP) is 2.13. The Bertz CT molecular complexity index is 737. The van der Waals surface area contributed by atoms with E-state index in [1.54, 1.807) is 23.0 Å². The molecule has 1 saturated carbocycles. The molecule has 1 saturated heterocycles. The minimum atomic E-state index is -0.334. The molecule has 0 aromatic carbocycles. The fourth-order valence-corrected chi connectivity index (χ4v) is 3.79. The van der Waals surface area contributed by atoms with Gasteiger partial charge in [-0.3, -0.25) is 14.3 Å². The number of rotatable bonds is 4. The Morgan fingerprint density at radius 3 is 3.08 bits per heavy atom. The summed E-state index contributed by atoms with van der Waals surface area (Å²) in [6.45, 7) is 1.09. The first-order valence-corrected chi connectivity index (χ1v) is 8.36. The highest BCUT2D eigenvalue weighted by Gasteiger charge is 2.37. The summed E-state index contributed by atoms with van der Waals surface area (Å²) in [5.74, 6) is 0.687. The molecule has 1 N–H and O–H groups in total. The monoisotopic (exact) mass is 328 g/mol. The minimum Gasteiger partial charge on any atom is -0.459 e. The van der Waals surface area contributed by atoms with Crippen LogP contribution in [0.5, 0.6) is 0 Å². The highest BCUT2D eigenvalue weighted by molar-refractivity contribution is 6.02. The van der Waals surface area contributed by atoms with Gasteiger partial charge in [0, 0.05) is 18.8 Å². The number of amides is 2. The lowest BCUT2D eigenvalue weighted by Gasteiger charge is -2.24. The second-order valence-electron chi connectivity index (χ2n) is 6.59. The zero-order valence-electron chi connectivity index (χ0n) is 13.4. The molecule has 24 heavy (non-hydrogen) atoms. The van der Waals surface area contributed by atoms with E-state index in [1.165, 1.54) is 25.3 Å². The summed E-state index contributed by atoms with van der Waals surface area (Å²) in [7, 11) is 0. The van der Waals surface area contributed by atoms with Crippen molar-refractivity contribution >= 4 is 17.5 Å². The average molecular weight is 328 g/mol. The lowest BCUT2D eigenvalue weighted by Crippen LogP contribution is -2.37. The van der Waals surface area contributed by atoms with E-state index in [0.717, 1.165) is 19.4 Å². The van der Waals surface area contributed by atoms with E-state index in [2.05, 4.69) is 10.4 Å². The number of anilines is 1. The number of furan rings is 1. The van der Waals surface area contributed by atoms with E-state index in [-0.39, 0.29) is 24.1 Å². The molecule has 4 rings (SSSR count). The van der Waals surface area contributed by atoms with Gasteiger partial charge in [-0.25, -0.2) is 0 Å².